The Morgan fingerprint density at radius 1 is 1.06 bits per heavy atom. The lowest BCUT2D eigenvalue weighted by atomic mass is 9.97. The van der Waals surface area contributed by atoms with Gasteiger partial charge in [-0.25, -0.2) is 4.79 Å². The summed E-state index contributed by atoms with van der Waals surface area (Å²) in [5.74, 6) is -3.81. The number of rotatable bonds is 14. The number of aliphatic hydroxyl groups is 1. The largest absolute Gasteiger partial charge is 0.480 e. The molecule has 0 radical (unpaired) electrons. The van der Waals surface area contributed by atoms with Crippen LogP contribution in [0.5, 0.6) is 0 Å². The maximum Gasteiger partial charge on any atom is 0.326 e. The topological polar surface area (TPSA) is 233 Å². The van der Waals surface area contributed by atoms with Crippen molar-refractivity contribution < 1.29 is 29.4 Å². The van der Waals surface area contributed by atoms with Gasteiger partial charge in [0.2, 0.25) is 17.7 Å². The molecule has 0 saturated heterocycles. The molecule has 0 unspecified atom stereocenters. The van der Waals surface area contributed by atoms with Crippen LogP contribution < -0.4 is 32.7 Å². The smallest absolute Gasteiger partial charge is 0.326 e. The van der Waals surface area contributed by atoms with Gasteiger partial charge in [-0.05, 0) is 25.7 Å². The van der Waals surface area contributed by atoms with Crippen molar-refractivity contribution in [1.82, 2.24) is 21.3 Å². The third-order valence-corrected chi connectivity index (χ3v) is 4.66. The highest BCUT2D eigenvalue weighted by Gasteiger charge is 2.29. The first-order valence-electron chi connectivity index (χ1n) is 10.0. The number of hydrogen-bond donors (Lipinski definition) is 9. The second kappa shape index (κ2) is 14.1. The van der Waals surface area contributed by atoms with Crippen LogP contribution in [-0.2, 0) is 19.2 Å². The molecule has 0 bridgehead atoms. The van der Waals surface area contributed by atoms with E-state index in [4.69, 9.17) is 16.9 Å². The molecule has 3 amide bonds. The molecule has 178 valence electrons. The highest BCUT2D eigenvalue weighted by atomic mass is 16.4. The summed E-state index contributed by atoms with van der Waals surface area (Å²) in [4.78, 5) is 48.0. The number of aliphatic hydroxyl groups excluding tert-OH is 1. The molecule has 0 spiro atoms. The lowest BCUT2D eigenvalue weighted by molar-refractivity contribution is -0.142. The lowest BCUT2D eigenvalue weighted by Gasteiger charge is -2.25. The van der Waals surface area contributed by atoms with E-state index < -0.39 is 54.5 Å². The van der Waals surface area contributed by atoms with E-state index in [0.29, 0.717) is 12.8 Å². The molecule has 5 atom stereocenters. The zero-order valence-corrected chi connectivity index (χ0v) is 18.1. The van der Waals surface area contributed by atoms with Crippen LogP contribution >= 0.6 is 0 Å². The maximum absolute atomic E-state index is 12.5. The quantitative estimate of drug-likeness (QED) is 0.0760. The maximum atomic E-state index is 12.5. The molecule has 0 aliphatic carbocycles. The number of carbonyl (C=O) groups excluding carboxylic acids is 3. The van der Waals surface area contributed by atoms with Gasteiger partial charge in [0.1, 0.15) is 18.1 Å². The number of carboxylic acids is 1. The van der Waals surface area contributed by atoms with Gasteiger partial charge in [-0.2, -0.15) is 0 Å². The Morgan fingerprint density at radius 2 is 1.68 bits per heavy atom. The summed E-state index contributed by atoms with van der Waals surface area (Å²) in [7, 11) is 0. The monoisotopic (exact) mass is 445 g/mol. The summed E-state index contributed by atoms with van der Waals surface area (Å²) >= 11 is 0. The van der Waals surface area contributed by atoms with Gasteiger partial charge >= 0.3 is 5.97 Å². The number of guanidine groups is 1. The Morgan fingerprint density at radius 3 is 2.16 bits per heavy atom. The Labute approximate surface area is 181 Å². The van der Waals surface area contributed by atoms with Crippen molar-refractivity contribution in [2.24, 2.45) is 17.4 Å². The van der Waals surface area contributed by atoms with Crippen LogP contribution in [0.1, 0.15) is 40.0 Å². The summed E-state index contributed by atoms with van der Waals surface area (Å²) in [6.45, 7) is 4.68. The average Bonchev–Trinajstić information content (AvgIpc) is 2.70. The molecule has 0 aliphatic rings. The van der Waals surface area contributed by atoms with E-state index in [1.165, 1.54) is 6.92 Å². The van der Waals surface area contributed by atoms with Gasteiger partial charge in [-0.15, -0.1) is 0 Å². The first-order valence-corrected chi connectivity index (χ1v) is 10.0. The molecule has 0 rings (SSSR count). The Hall–Kier alpha value is -2.93. The van der Waals surface area contributed by atoms with E-state index in [2.05, 4.69) is 21.3 Å². The van der Waals surface area contributed by atoms with Crippen molar-refractivity contribution in [3.05, 3.63) is 0 Å². The zero-order chi connectivity index (χ0) is 24.1. The Bertz CT molecular complexity index is 643. The minimum Gasteiger partial charge on any atom is -0.480 e. The second-order valence-electron chi connectivity index (χ2n) is 7.30. The van der Waals surface area contributed by atoms with Crippen LogP contribution in [0.4, 0.5) is 0 Å². The highest BCUT2D eigenvalue weighted by molar-refractivity contribution is 5.92. The zero-order valence-electron chi connectivity index (χ0n) is 18.1. The van der Waals surface area contributed by atoms with Gasteiger partial charge in [0, 0.05) is 6.54 Å². The number of hydrogen-bond acceptors (Lipinski definition) is 7. The molecule has 13 nitrogen and oxygen atoms in total. The van der Waals surface area contributed by atoms with E-state index in [1.807, 2.05) is 6.92 Å². The van der Waals surface area contributed by atoms with E-state index in [-0.39, 0.29) is 24.8 Å². The molecular formula is C18H35N7O6. The van der Waals surface area contributed by atoms with Gasteiger partial charge in [0.15, 0.2) is 5.96 Å². The van der Waals surface area contributed by atoms with Gasteiger partial charge in [-0.3, -0.25) is 19.8 Å². The number of carboxylic acid groups (broad SMARTS) is 1. The number of nitrogens with one attached hydrogen (secondary N) is 5. The van der Waals surface area contributed by atoms with Crippen molar-refractivity contribution >= 4 is 29.7 Å². The first-order chi connectivity index (χ1) is 14.4. The van der Waals surface area contributed by atoms with E-state index in [9.17, 15) is 29.4 Å². The molecule has 0 fully saturated rings. The average molecular weight is 446 g/mol. The fourth-order valence-corrected chi connectivity index (χ4v) is 2.48. The predicted molar refractivity (Wildman–Crippen MR) is 113 cm³/mol. The number of amides is 3. The fourth-order valence-electron chi connectivity index (χ4n) is 2.48. The molecule has 13 heteroatoms. The van der Waals surface area contributed by atoms with Crippen LogP contribution in [0.15, 0.2) is 0 Å². The molecule has 0 aromatic rings. The third-order valence-electron chi connectivity index (χ3n) is 4.66. The minimum absolute atomic E-state index is 0.0953. The van der Waals surface area contributed by atoms with Crippen LogP contribution in [0.25, 0.3) is 0 Å². The molecule has 0 heterocycles. The predicted octanol–water partition coefficient (Wildman–Crippen LogP) is -2.83. The number of nitrogens with two attached hydrogens (primary N) is 2. The van der Waals surface area contributed by atoms with Crippen molar-refractivity contribution in [3.63, 3.8) is 0 Å². The summed E-state index contributed by atoms with van der Waals surface area (Å²) in [5, 5.41) is 35.4. The van der Waals surface area contributed by atoms with Crippen molar-refractivity contribution in [2.45, 2.75) is 64.3 Å². The van der Waals surface area contributed by atoms with Crippen LogP contribution in [0.2, 0.25) is 0 Å². The Kier molecular flexibility index (Phi) is 12.8. The van der Waals surface area contributed by atoms with Crippen molar-refractivity contribution in [3.8, 4) is 0 Å². The minimum atomic E-state index is -1.24. The summed E-state index contributed by atoms with van der Waals surface area (Å²) in [6.07, 6.45) is -0.124. The SMILES string of the molecule is CC[C@H](C)[C@H](NC(=O)[C@@H](N)[C@@H](C)O)C(=O)NCC(=O)N[C@@H](CCCNC(=N)N)C(=O)O. The van der Waals surface area contributed by atoms with Crippen LogP contribution in [0, 0.1) is 11.3 Å². The fraction of sp³-hybridized carbons (Fsp3) is 0.722. The van der Waals surface area contributed by atoms with E-state index in [0.717, 1.165) is 0 Å². The number of carbonyl (C=O) groups is 4. The van der Waals surface area contributed by atoms with Gasteiger partial charge in [0.05, 0.1) is 12.6 Å². The first kappa shape index (κ1) is 28.1. The third kappa shape index (κ3) is 11.1. The van der Waals surface area contributed by atoms with E-state index in [1.54, 1.807) is 6.92 Å². The van der Waals surface area contributed by atoms with Gasteiger partial charge in [-0.1, -0.05) is 20.3 Å². The van der Waals surface area contributed by atoms with Crippen molar-refractivity contribution in [2.75, 3.05) is 13.1 Å². The van der Waals surface area contributed by atoms with Crippen LogP contribution in [-0.4, -0.2) is 77.2 Å². The highest BCUT2D eigenvalue weighted by Crippen LogP contribution is 2.08. The molecular weight excluding hydrogens is 410 g/mol. The summed E-state index contributed by atoms with van der Waals surface area (Å²) in [5.41, 5.74) is 10.7. The second-order valence-corrected chi connectivity index (χ2v) is 7.30. The number of aliphatic carboxylic acids is 1. The molecule has 0 aromatic heterocycles. The van der Waals surface area contributed by atoms with E-state index >= 15 is 0 Å². The molecule has 11 N–H and O–H groups in total. The molecule has 0 saturated carbocycles. The normalized spacial score (nSPS) is 15.5. The van der Waals surface area contributed by atoms with Gasteiger partial charge < -0.3 is 42.9 Å². The Balaban J connectivity index is 4.79. The van der Waals surface area contributed by atoms with Crippen molar-refractivity contribution in [1.29, 1.82) is 5.41 Å². The standard InChI is InChI=1S/C18H35N7O6/c1-4-9(2)14(25-15(28)13(19)10(3)26)16(29)23-8-12(27)24-11(17(30)31)6-5-7-22-18(20)21/h9-11,13-14,26H,4-8,19H2,1-3H3,(H,23,29)(H,24,27)(H,25,28)(H,30,31)(H4,20,21,22)/t9-,10+,11-,13-,14-/m0/s1. The molecule has 0 aliphatic heterocycles. The molecule has 31 heavy (non-hydrogen) atoms. The summed E-state index contributed by atoms with van der Waals surface area (Å²) < 4.78 is 0. The molecule has 0 aromatic carbocycles. The van der Waals surface area contributed by atoms with Crippen LogP contribution in [0.3, 0.4) is 0 Å². The van der Waals surface area contributed by atoms with Gasteiger partial charge in [0.25, 0.3) is 0 Å². The summed E-state index contributed by atoms with van der Waals surface area (Å²) in [6, 6.07) is -3.37. The lowest BCUT2D eigenvalue weighted by Crippen LogP contribution is -2.57.